The lowest BCUT2D eigenvalue weighted by atomic mass is 9.96. The summed E-state index contributed by atoms with van der Waals surface area (Å²) in [5.41, 5.74) is 7.22. The fourth-order valence-electron chi connectivity index (χ4n) is 5.46. The molecular formula is C24H31N9O. The maximum absolute atomic E-state index is 12.4. The molecule has 2 saturated heterocycles. The molecule has 3 aliphatic heterocycles. The molecule has 0 spiro atoms. The van der Waals surface area contributed by atoms with Gasteiger partial charge in [-0.05, 0) is 38.0 Å². The lowest BCUT2D eigenvalue weighted by Gasteiger charge is -2.52. The number of benzene rings is 1. The van der Waals surface area contributed by atoms with Crippen LogP contribution in [0.25, 0.3) is 11.0 Å². The number of urea groups is 1. The number of carbonyl (C=O) groups is 1. The number of fused-ring (bicyclic) bond motifs is 2. The Morgan fingerprint density at radius 2 is 2.03 bits per heavy atom. The van der Waals surface area contributed by atoms with Gasteiger partial charge in [0.25, 0.3) is 0 Å². The predicted molar refractivity (Wildman–Crippen MR) is 128 cm³/mol. The maximum Gasteiger partial charge on any atom is 0.320 e. The van der Waals surface area contributed by atoms with E-state index in [-0.39, 0.29) is 36.9 Å². The van der Waals surface area contributed by atoms with Crippen LogP contribution in [0.2, 0.25) is 0 Å². The number of rotatable bonds is 5. The molecule has 0 bridgehead atoms. The van der Waals surface area contributed by atoms with Gasteiger partial charge in [0.2, 0.25) is 0 Å². The second-order valence-electron chi connectivity index (χ2n) is 9.31. The molecule has 2 amide bonds. The number of piperazine rings is 1. The molecule has 2 aromatic rings. The average molecular weight is 462 g/mol. The Hall–Kier alpha value is -3.26. The molecule has 0 saturated carbocycles. The molecule has 5 rings (SSSR count). The quantitative estimate of drug-likeness (QED) is 0.577. The van der Waals surface area contributed by atoms with Crippen LogP contribution >= 0.6 is 0 Å². The van der Waals surface area contributed by atoms with E-state index in [0.29, 0.717) is 6.04 Å². The first-order valence-corrected chi connectivity index (χ1v) is 11.9. The zero-order valence-corrected chi connectivity index (χ0v) is 19.8. The molecule has 10 nitrogen and oxygen atoms in total. The average Bonchev–Trinajstić information content (AvgIpc) is 3.25. The molecule has 0 aliphatic carbocycles. The van der Waals surface area contributed by atoms with Crippen molar-refractivity contribution in [1.82, 2.24) is 40.8 Å². The summed E-state index contributed by atoms with van der Waals surface area (Å²) in [4.78, 5) is 26.3. The monoisotopic (exact) mass is 461 g/mol. The van der Waals surface area contributed by atoms with Gasteiger partial charge in [-0.2, -0.15) is 5.26 Å². The summed E-state index contributed by atoms with van der Waals surface area (Å²) in [6, 6.07) is 8.96. The minimum atomic E-state index is -0.207. The van der Waals surface area contributed by atoms with Crippen molar-refractivity contribution in [2.45, 2.75) is 57.5 Å². The number of nitrogens with zero attached hydrogens (tertiary/aromatic N) is 6. The third-order valence-electron chi connectivity index (χ3n) is 7.26. The number of nitriles is 1. The number of amides is 2. The third-order valence-corrected chi connectivity index (χ3v) is 7.26. The largest absolute Gasteiger partial charge is 0.320 e. The lowest BCUT2D eigenvalue weighted by Crippen LogP contribution is -2.71. The van der Waals surface area contributed by atoms with E-state index in [1.165, 1.54) is 5.56 Å². The molecule has 1 aromatic heterocycles. The molecule has 5 atom stereocenters. The molecule has 3 aliphatic rings. The molecular weight excluding hydrogens is 430 g/mol. The SMILES string of the molecule is CC[C@@H]1CN(C2NC(=O)NC3=CN(CC#N)NC32)[C@@H](C)CN1[C@H](C)c1ccc2nccnc2c1. The number of carbonyl (C=O) groups excluding carboxylic acids is 1. The Balaban J connectivity index is 1.36. The minimum absolute atomic E-state index is 0.117. The van der Waals surface area contributed by atoms with E-state index < -0.39 is 0 Å². The van der Waals surface area contributed by atoms with Crippen molar-refractivity contribution in [2.24, 2.45) is 0 Å². The normalized spacial score (nSPS) is 28.6. The van der Waals surface area contributed by atoms with E-state index >= 15 is 0 Å². The van der Waals surface area contributed by atoms with E-state index in [4.69, 9.17) is 5.26 Å². The van der Waals surface area contributed by atoms with Gasteiger partial charge >= 0.3 is 6.03 Å². The van der Waals surface area contributed by atoms with E-state index in [0.717, 1.165) is 36.2 Å². The summed E-state index contributed by atoms with van der Waals surface area (Å²) < 4.78 is 0. The minimum Gasteiger partial charge on any atom is -0.320 e. The van der Waals surface area contributed by atoms with Crippen LogP contribution in [0.1, 0.15) is 38.8 Å². The van der Waals surface area contributed by atoms with Gasteiger partial charge in [0.05, 0.1) is 22.8 Å². The molecule has 34 heavy (non-hydrogen) atoms. The van der Waals surface area contributed by atoms with Gasteiger partial charge in [-0.1, -0.05) is 13.0 Å². The van der Waals surface area contributed by atoms with Crippen LogP contribution in [-0.4, -0.2) is 74.7 Å². The Morgan fingerprint density at radius 3 is 2.79 bits per heavy atom. The Kier molecular flexibility index (Phi) is 6.08. The highest BCUT2D eigenvalue weighted by Crippen LogP contribution is 2.32. The highest BCUT2D eigenvalue weighted by molar-refractivity contribution is 5.78. The van der Waals surface area contributed by atoms with E-state index in [1.54, 1.807) is 17.4 Å². The van der Waals surface area contributed by atoms with Crippen molar-refractivity contribution in [3.63, 3.8) is 0 Å². The zero-order chi connectivity index (χ0) is 23.8. The fraction of sp³-hybridized carbons (Fsp3) is 0.500. The van der Waals surface area contributed by atoms with Gasteiger partial charge in [-0.15, -0.1) is 0 Å². The smallest absolute Gasteiger partial charge is 0.320 e. The summed E-state index contributed by atoms with van der Waals surface area (Å²) in [5, 5.41) is 16.8. The van der Waals surface area contributed by atoms with E-state index in [9.17, 15) is 4.79 Å². The van der Waals surface area contributed by atoms with Crippen molar-refractivity contribution < 1.29 is 4.79 Å². The third kappa shape index (κ3) is 4.07. The van der Waals surface area contributed by atoms with Crippen molar-refractivity contribution >= 4 is 17.1 Å². The van der Waals surface area contributed by atoms with Crippen LogP contribution in [0.4, 0.5) is 4.79 Å². The highest BCUT2D eigenvalue weighted by atomic mass is 16.2. The lowest BCUT2D eigenvalue weighted by molar-refractivity contribution is -0.0280. The Labute approximate surface area is 199 Å². The summed E-state index contributed by atoms with van der Waals surface area (Å²) in [5.74, 6) is 0. The van der Waals surface area contributed by atoms with Gasteiger partial charge in [0.15, 0.2) is 0 Å². The molecule has 178 valence electrons. The van der Waals surface area contributed by atoms with Crippen LogP contribution in [-0.2, 0) is 0 Å². The topological polar surface area (TPSA) is 112 Å². The van der Waals surface area contributed by atoms with Crippen LogP contribution in [0.5, 0.6) is 0 Å². The van der Waals surface area contributed by atoms with Gasteiger partial charge in [0, 0.05) is 49.8 Å². The Bertz CT molecular complexity index is 1140. The van der Waals surface area contributed by atoms with Gasteiger partial charge < -0.3 is 10.6 Å². The molecule has 3 N–H and O–H groups in total. The number of aromatic nitrogens is 2. The van der Waals surface area contributed by atoms with Gasteiger partial charge in [0.1, 0.15) is 18.8 Å². The van der Waals surface area contributed by atoms with E-state index in [2.05, 4.69) is 74.8 Å². The number of hydrazine groups is 1. The zero-order valence-electron chi connectivity index (χ0n) is 19.8. The summed E-state index contributed by atoms with van der Waals surface area (Å²) in [6.07, 6.45) is 6.08. The second-order valence-corrected chi connectivity index (χ2v) is 9.31. The molecule has 4 heterocycles. The highest BCUT2D eigenvalue weighted by Gasteiger charge is 2.45. The van der Waals surface area contributed by atoms with Gasteiger partial charge in [-0.25, -0.2) is 10.2 Å². The van der Waals surface area contributed by atoms with Crippen molar-refractivity contribution in [3.8, 4) is 6.07 Å². The van der Waals surface area contributed by atoms with Crippen LogP contribution < -0.4 is 16.1 Å². The number of hydrogen-bond acceptors (Lipinski definition) is 8. The van der Waals surface area contributed by atoms with Crippen LogP contribution in [0.3, 0.4) is 0 Å². The first kappa shape index (κ1) is 22.5. The summed E-state index contributed by atoms with van der Waals surface area (Å²) in [6.45, 7) is 8.64. The Morgan fingerprint density at radius 1 is 1.24 bits per heavy atom. The van der Waals surface area contributed by atoms with Crippen LogP contribution in [0, 0.1) is 11.3 Å². The summed E-state index contributed by atoms with van der Waals surface area (Å²) >= 11 is 0. The fourth-order valence-corrected chi connectivity index (χ4v) is 5.46. The molecule has 0 radical (unpaired) electrons. The predicted octanol–water partition coefficient (Wildman–Crippen LogP) is 1.67. The molecule has 2 fully saturated rings. The molecule has 10 heteroatoms. The van der Waals surface area contributed by atoms with Crippen molar-refractivity contribution in [2.75, 3.05) is 19.6 Å². The molecule has 1 aromatic carbocycles. The first-order valence-electron chi connectivity index (χ1n) is 11.9. The molecule has 2 unspecified atom stereocenters. The van der Waals surface area contributed by atoms with Gasteiger partial charge in [-0.3, -0.25) is 24.8 Å². The number of hydrogen-bond donors (Lipinski definition) is 3. The number of nitrogens with one attached hydrogen (secondary N) is 3. The second kappa shape index (κ2) is 9.18. The summed E-state index contributed by atoms with van der Waals surface area (Å²) in [7, 11) is 0. The van der Waals surface area contributed by atoms with Crippen molar-refractivity contribution in [1.29, 1.82) is 5.26 Å². The maximum atomic E-state index is 12.4. The standard InChI is InChI=1S/C24H31N9O/c1-4-18-13-32(23-22-21(28-24(34)29-23)14-31(30-22)10-7-25)15(2)12-33(18)16(3)17-5-6-19-20(11-17)27-9-8-26-19/h5-6,8-9,11,14-16,18,22-23,30H,4,10,12-13H2,1-3H3,(H2,28,29,34)/t15-,16+,18+,22?,23?/m0/s1. The van der Waals surface area contributed by atoms with Crippen molar-refractivity contribution in [3.05, 3.63) is 48.1 Å². The first-order chi connectivity index (χ1) is 16.5. The van der Waals surface area contributed by atoms with E-state index in [1.807, 2.05) is 12.3 Å². The van der Waals surface area contributed by atoms with Crippen LogP contribution in [0.15, 0.2) is 42.5 Å².